The van der Waals surface area contributed by atoms with Crippen molar-refractivity contribution in [2.75, 3.05) is 13.2 Å². The number of urea groups is 1. The zero-order chi connectivity index (χ0) is 24.8. The summed E-state index contributed by atoms with van der Waals surface area (Å²) in [5, 5.41) is 7.02. The molecule has 35 heavy (non-hydrogen) atoms. The molecule has 9 nitrogen and oxygen atoms in total. The van der Waals surface area contributed by atoms with E-state index in [0.717, 1.165) is 35.3 Å². The maximum atomic E-state index is 13.0. The quantitative estimate of drug-likeness (QED) is 0.276. The Morgan fingerprint density at radius 3 is 2.29 bits per heavy atom. The van der Waals surface area contributed by atoms with E-state index in [-0.39, 0.29) is 5.92 Å². The number of ether oxygens (including phenoxy) is 1. The maximum absolute atomic E-state index is 13.0. The Balaban J connectivity index is 1.34. The Morgan fingerprint density at radius 1 is 1.06 bits per heavy atom. The highest BCUT2D eigenvalue weighted by Gasteiger charge is 2.55. The fourth-order valence-corrected chi connectivity index (χ4v) is 4.60. The van der Waals surface area contributed by atoms with Gasteiger partial charge >= 0.3 is 12.0 Å². The molecule has 0 radical (unpaired) electrons. The Kier molecular flexibility index (Phi) is 7.24. The molecule has 1 saturated heterocycles. The van der Waals surface area contributed by atoms with Gasteiger partial charge in [-0.05, 0) is 18.8 Å². The highest BCUT2D eigenvalue weighted by molar-refractivity contribution is 6.13. The van der Waals surface area contributed by atoms with Crippen molar-refractivity contribution in [2.24, 2.45) is 11.0 Å². The van der Waals surface area contributed by atoms with Gasteiger partial charge in [-0.1, -0.05) is 80.4 Å². The number of nitrogens with zero attached hydrogens (tertiary/aromatic N) is 2. The summed E-state index contributed by atoms with van der Waals surface area (Å²) in [6, 6.07) is 18.1. The Bertz CT molecular complexity index is 1090. The Morgan fingerprint density at radius 2 is 1.69 bits per heavy atom. The van der Waals surface area contributed by atoms with Crippen LogP contribution in [0.3, 0.4) is 0 Å². The van der Waals surface area contributed by atoms with Crippen LogP contribution in [0.2, 0.25) is 0 Å². The monoisotopic (exact) mass is 476 g/mol. The second kappa shape index (κ2) is 10.5. The topological polar surface area (TPSA) is 117 Å². The van der Waals surface area contributed by atoms with Crippen LogP contribution in [0, 0.1) is 5.92 Å². The number of esters is 1. The van der Waals surface area contributed by atoms with Crippen molar-refractivity contribution in [1.82, 2.24) is 15.6 Å². The predicted molar refractivity (Wildman–Crippen MR) is 128 cm³/mol. The third-order valence-electron chi connectivity index (χ3n) is 6.54. The molecule has 1 heterocycles. The summed E-state index contributed by atoms with van der Waals surface area (Å²) >= 11 is 0. The van der Waals surface area contributed by atoms with E-state index in [1.807, 2.05) is 67.6 Å². The molecule has 182 valence electrons. The van der Waals surface area contributed by atoms with Crippen LogP contribution in [0.15, 0.2) is 65.8 Å². The third-order valence-corrected chi connectivity index (χ3v) is 6.54. The lowest BCUT2D eigenvalue weighted by Gasteiger charge is -2.36. The fraction of sp³-hybridized carbons (Fsp3) is 0.346. The van der Waals surface area contributed by atoms with Crippen LogP contribution in [0.5, 0.6) is 0 Å². The molecule has 1 aliphatic carbocycles. The first kappa shape index (κ1) is 24.1. The van der Waals surface area contributed by atoms with Crippen molar-refractivity contribution >= 4 is 29.5 Å². The van der Waals surface area contributed by atoms with Gasteiger partial charge in [0.2, 0.25) is 0 Å². The zero-order valence-corrected chi connectivity index (χ0v) is 19.5. The van der Waals surface area contributed by atoms with Gasteiger partial charge in [0.25, 0.3) is 11.8 Å². The molecule has 2 fully saturated rings. The van der Waals surface area contributed by atoms with Gasteiger partial charge in [-0.25, -0.2) is 10.2 Å². The first-order valence-electron chi connectivity index (χ1n) is 11.7. The van der Waals surface area contributed by atoms with E-state index in [0.29, 0.717) is 12.1 Å². The molecule has 2 unspecified atom stereocenters. The lowest BCUT2D eigenvalue weighted by Crippen LogP contribution is -2.54. The maximum Gasteiger partial charge on any atom is 0.326 e. The van der Waals surface area contributed by atoms with Crippen molar-refractivity contribution in [3.05, 3.63) is 71.8 Å². The number of hydrogen-bond acceptors (Lipinski definition) is 6. The largest absolute Gasteiger partial charge is 0.454 e. The number of amides is 4. The molecule has 1 aliphatic heterocycles. The Hall–Kier alpha value is -4.01. The van der Waals surface area contributed by atoms with E-state index in [9.17, 15) is 19.2 Å². The summed E-state index contributed by atoms with van der Waals surface area (Å²) in [7, 11) is 0. The Labute approximate surface area is 203 Å². The van der Waals surface area contributed by atoms with Crippen LogP contribution in [-0.4, -0.2) is 53.1 Å². The van der Waals surface area contributed by atoms with Gasteiger partial charge < -0.3 is 10.1 Å². The zero-order valence-electron chi connectivity index (χ0n) is 19.5. The van der Waals surface area contributed by atoms with Gasteiger partial charge in [-0.3, -0.25) is 19.3 Å². The molecule has 2 aliphatic rings. The van der Waals surface area contributed by atoms with Crippen LogP contribution in [-0.2, 0) is 19.1 Å². The fourth-order valence-electron chi connectivity index (χ4n) is 4.60. The molecule has 1 saturated carbocycles. The summed E-state index contributed by atoms with van der Waals surface area (Å²) in [6.45, 7) is 0.794. The molecule has 2 atom stereocenters. The lowest BCUT2D eigenvalue weighted by molar-refractivity contribution is -0.151. The minimum atomic E-state index is -0.951. The average molecular weight is 477 g/mol. The van der Waals surface area contributed by atoms with Gasteiger partial charge in [0.15, 0.2) is 6.61 Å². The summed E-state index contributed by atoms with van der Waals surface area (Å²) in [4.78, 5) is 50.9. The molecule has 0 bridgehead atoms. The highest BCUT2D eigenvalue weighted by atomic mass is 16.5. The van der Waals surface area contributed by atoms with E-state index in [1.165, 1.54) is 0 Å². The molecule has 2 aromatic rings. The van der Waals surface area contributed by atoms with Gasteiger partial charge in [0.1, 0.15) is 12.1 Å². The van der Waals surface area contributed by atoms with Crippen LogP contribution in [0.4, 0.5) is 4.79 Å². The lowest BCUT2D eigenvalue weighted by atomic mass is 9.73. The molecule has 4 rings (SSSR count). The first-order chi connectivity index (χ1) is 16.9. The highest BCUT2D eigenvalue weighted by Crippen LogP contribution is 2.38. The summed E-state index contributed by atoms with van der Waals surface area (Å²) in [5.74, 6) is -1.91. The number of hydrazone groups is 1. The number of nitrogens with one attached hydrogen (secondary N) is 2. The summed E-state index contributed by atoms with van der Waals surface area (Å²) < 4.78 is 5.01. The molecule has 2 N–H and O–H groups in total. The van der Waals surface area contributed by atoms with E-state index in [2.05, 4.69) is 15.8 Å². The summed E-state index contributed by atoms with van der Waals surface area (Å²) in [5.41, 5.74) is 3.62. The van der Waals surface area contributed by atoms with Gasteiger partial charge in [0.05, 0.1) is 5.71 Å². The number of carbonyl (C=O) groups is 4. The average Bonchev–Trinajstić information content (AvgIpc) is 3.11. The van der Waals surface area contributed by atoms with Crippen LogP contribution >= 0.6 is 0 Å². The van der Waals surface area contributed by atoms with Crippen LogP contribution in [0.25, 0.3) is 0 Å². The number of hydrogen-bond donors (Lipinski definition) is 2. The third kappa shape index (κ3) is 5.24. The van der Waals surface area contributed by atoms with Gasteiger partial charge in [0, 0.05) is 11.1 Å². The number of carbonyl (C=O) groups excluding carboxylic acids is 4. The second-order valence-corrected chi connectivity index (χ2v) is 8.83. The van der Waals surface area contributed by atoms with E-state index in [4.69, 9.17) is 4.74 Å². The molecule has 9 heteroatoms. The summed E-state index contributed by atoms with van der Waals surface area (Å²) in [6.07, 6.45) is 3.22. The molecular formula is C26H28N4O5. The number of benzene rings is 2. The van der Waals surface area contributed by atoms with E-state index in [1.54, 1.807) is 0 Å². The van der Waals surface area contributed by atoms with E-state index < -0.39 is 42.5 Å². The molecule has 1 spiro atoms. The number of imide groups is 1. The minimum absolute atomic E-state index is 0.0132. The molecule has 2 aromatic carbocycles. The van der Waals surface area contributed by atoms with Gasteiger partial charge in [-0.15, -0.1) is 0 Å². The first-order valence-corrected chi connectivity index (χ1v) is 11.7. The van der Waals surface area contributed by atoms with E-state index >= 15 is 0 Å². The van der Waals surface area contributed by atoms with Gasteiger partial charge in [-0.2, -0.15) is 5.10 Å². The normalized spacial score (nSPS) is 21.4. The standard InChI is InChI=1S/C26H28N4O5/c1-18-10-8-9-15-26(18)24(33)30(25(34)27-26)16-22(32)35-17-21(31)28-29-23(19-11-4-2-5-12-19)20-13-6-3-7-14-20/h2-7,11-14,18H,8-10,15-17H2,1H3,(H,27,34)(H,28,31). The molecule has 0 aromatic heterocycles. The van der Waals surface area contributed by atoms with Crippen LogP contribution in [0.1, 0.15) is 43.7 Å². The van der Waals surface area contributed by atoms with Crippen molar-refractivity contribution in [2.45, 2.75) is 38.1 Å². The van der Waals surface area contributed by atoms with Crippen molar-refractivity contribution in [1.29, 1.82) is 0 Å². The van der Waals surface area contributed by atoms with Crippen molar-refractivity contribution in [3.63, 3.8) is 0 Å². The van der Waals surface area contributed by atoms with Crippen LogP contribution < -0.4 is 10.7 Å². The number of rotatable bonds is 7. The van der Waals surface area contributed by atoms with Crippen molar-refractivity contribution in [3.8, 4) is 0 Å². The minimum Gasteiger partial charge on any atom is -0.454 e. The predicted octanol–water partition coefficient (Wildman–Crippen LogP) is 2.60. The molecule has 4 amide bonds. The SMILES string of the molecule is CC1CCCCC12NC(=O)N(CC(=O)OCC(=O)NN=C(c1ccccc1)c1ccccc1)C2=O. The van der Waals surface area contributed by atoms with Crippen molar-refractivity contribution < 1.29 is 23.9 Å². The second-order valence-electron chi connectivity index (χ2n) is 8.83. The smallest absolute Gasteiger partial charge is 0.326 e. The molecular weight excluding hydrogens is 448 g/mol.